The standard InChI is InChI=1S/C33H41ClN4O4/c1-6-38(26-10-8-25(9-11-26)37(5)18-23-7-12-31-32(14-23)42-19-41-31)29-16-24(34)15-27(21(29)3)33(40)35-17-28-22(4)36-20(2)13-30(28)39/h7,12-16,25-26H,6,8-11,17-19H2,1-5H3,(H,35,40)(H,36,39)/t25-,26-. The zero-order chi connectivity index (χ0) is 30.0. The number of fused-ring (bicyclic) bond motifs is 1. The van der Waals surface area contributed by atoms with Crippen molar-refractivity contribution >= 4 is 23.2 Å². The monoisotopic (exact) mass is 592 g/mol. The topological polar surface area (TPSA) is 86.9 Å². The first-order valence-electron chi connectivity index (χ1n) is 14.8. The number of carbonyl (C=O) groups is 1. The number of hydrogen-bond donors (Lipinski definition) is 2. The molecule has 2 N–H and O–H groups in total. The highest BCUT2D eigenvalue weighted by Gasteiger charge is 2.29. The van der Waals surface area contributed by atoms with E-state index in [4.69, 9.17) is 21.1 Å². The lowest BCUT2D eigenvalue weighted by atomic mass is 9.88. The maximum atomic E-state index is 13.3. The van der Waals surface area contributed by atoms with Crippen LogP contribution in [0.4, 0.5) is 5.69 Å². The predicted molar refractivity (Wildman–Crippen MR) is 167 cm³/mol. The largest absolute Gasteiger partial charge is 0.454 e. The lowest BCUT2D eigenvalue weighted by molar-refractivity contribution is 0.0950. The molecule has 0 spiro atoms. The van der Waals surface area contributed by atoms with Crippen molar-refractivity contribution in [2.75, 3.05) is 25.3 Å². The van der Waals surface area contributed by atoms with E-state index in [1.165, 1.54) is 5.56 Å². The Labute approximate surface area is 253 Å². The van der Waals surface area contributed by atoms with Gasteiger partial charge in [0.2, 0.25) is 6.79 Å². The van der Waals surface area contributed by atoms with Gasteiger partial charge in [-0.05, 0) is 95.8 Å². The summed E-state index contributed by atoms with van der Waals surface area (Å²) in [5.74, 6) is 1.41. The molecule has 0 radical (unpaired) electrons. The third kappa shape index (κ3) is 6.45. The van der Waals surface area contributed by atoms with Crippen LogP contribution in [0, 0.1) is 20.8 Å². The number of aromatic amines is 1. The van der Waals surface area contributed by atoms with Gasteiger partial charge in [-0.1, -0.05) is 17.7 Å². The number of amides is 1. The molecule has 1 fully saturated rings. The van der Waals surface area contributed by atoms with Gasteiger partial charge >= 0.3 is 0 Å². The molecular formula is C33H41ClN4O4. The minimum atomic E-state index is -0.236. The third-order valence-electron chi connectivity index (χ3n) is 8.75. The maximum absolute atomic E-state index is 13.3. The molecule has 0 atom stereocenters. The Balaban J connectivity index is 1.24. The van der Waals surface area contributed by atoms with Gasteiger partial charge in [-0.25, -0.2) is 0 Å². The van der Waals surface area contributed by atoms with Crippen molar-refractivity contribution in [2.45, 2.75) is 78.6 Å². The van der Waals surface area contributed by atoms with Crippen molar-refractivity contribution in [3.05, 3.63) is 85.3 Å². The van der Waals surface area contributed by atoms with E-state index in [9.17, 15) is 9.59 Å². The third-order valence-corrected chi connectivity index (χ3v) is 8.97. The van der Waals surface area contributed by atoms with Crippen molar-refractivity contribution in [2.24, 2.45) is 0 Å². The minimum absolute atomic E-state index is 0.0816. The summed E-state index contributed by atoms with van der Waals surface area (Å²) < 4.78 is 11.0. The van der Waals surface area contributed by atoms with Crippen LogP contribution in [0.3, 0.4) is 0 Å². The van der Waals surface area contributed by atoms with Gasteiger partial charge in [0.15, 0.2) is 16.9 Å². The van der Waals surface area contributed by atoms with E-state index < -0.39 is 0 Å². The fourth-order valence-corrected chi connectivity index (χ4v) is 6.66. The Hall–Kier alpha value is -3.49. The molecular weight excluding hydrogens is 552 g/mol. The second-order valence-corrected chi connectivity index (χ2v) is 12.0. The number of carbonyl (C=O) groups excluding carboxylic acids is 1. The van der Waals surface area contributed by atoms with Gasteiger partial charge < -0.3 is 24.7 Å². The van der Waals surface area contributed by atoms with Crippen LogP contribution >= 0.6 is 11.6 Å². The normalized spacial score (nSPS) is 17.9. The van der Waals surface area contributed by atoms with E-state index in [0.29, 0.717) is 35.0 Å². The summed E-state index contributed by atoms with van der Waals surface area (Å²) in [7, 11) is 2.20. The number of nitrogens with zero attached hydrogens (tertiary/aromatic N) is 2. The average molecular weight is 593 g/mol. The second kappa shape index (κ2) is 12.8. The van der Waals surface area contributed by atoms with Crippen LogP contribution in [0.25, 0.3) is 0 Å². The van der Waals surface area contributed by atoms with Gasteiger partial charge in [-0.15, -0.1) is 0 Å². The number of anilines is 1. The van der Waals surface area contributed by atoms with E-state index in [1.807, 2.05) is 32.9 Å². The van der Waals surface area contributed by atoms with Gasteiger partial charge in [0.1, 0.15) is 0 Å². The van der Waals surface area contributed by atoms with Gasteiger partial charge in [0, 0.05) is 71.0 Å². The number of aryl methyl sites for hydroxylation is 2. The number of hydrogen-bond acceptors (Lipinski definition) is 6. The van der Waals surface area contributed by atoms with Crippen LogP contribution < -0.4 is 25.1 Å². The smallest absolute Gasteiger partial charge is 0.251 e. The Morgan fingerprint density at radius 3 is 2.45 bits per heavy atom. The number of rotatable bonds is 9. The molecule has 0 bridgehead atoms. The molecule has 1 amide bonds. The molecule has 2 aromatic carbocycles. The number of pyridine rings is 1. The number of benzene rings is 2. The molecule has 0 unspecified atom stereocenters. The van der Waals surface area contributed by atoms with E-state index in [2.05, 4.69) is 46.2 Å². The molecule has 42 heavy (non-hydrogen) atoms. The van der Waals surface area contributed by atoms with Crippen LogP contribution in [-0.4, -0.2) is 48.3 Å². The van der Waals surface area contributed by atoms with Crippen LogP contribution in [0.15, 0.2) is 41.2 Å². The number of ether oxygens (including phenoxy) is 2. The SMILES string of the molecule is CCN(c1cc(Cl)cc(C(=O)NCc2c(C)[nH]c(C)cc2=O)c1C)[C@H]1CC[C@H](N(C)Cc2ccc3c(c2)OCO3)CC1. The number of nitrogens with one attached hydrogen (secondary N) is 2. The van der Waals surface area contributed by atoms with Gasteiger partial charge in [0.25, 0.3) is 5.91 Å². The van der Waals surface area contributed by atoms with Crippen molar-refractivity contribution in [1.29, 1.82) is 0 Å². The summed E-state index contributed by atoms with van der Waals surface area (Å²) in [4.78, 5) is 33.8. The molecule has 9 heteroatoms. The lowest BCUT2D eigenvalue weighted by Crippen LogP contribution is -2.43. The summed E-state index contributed by atoms with van der Waals surface area (Å²) in [6.07, 6.45) is 4.32. The first kappa shape index (κ1) is 30.0. The summed E-state index contributed by atoms with van der Waals surface area (Å²) >= 11 is 6.58. The number of H-pyrrole nitrogens is 1. The first-order valence-corrected chi connectivity index (χ1v) is 15.2. The Morgan fingerprint density at radius 1 is 1.02 bits per heavy atom. The fraction of sp³-hybridized carbons (Fsp3) is 0.455. The molecule has 2 aliphatic rings. The van der Waals surface area contributed by atoms with E-state index in [-0.39, 0.29) is 17.9 Å². The van der Waals surface area contributed by atoms with Crippen molar-refractivity contribution in [3.8, 4) is 11.5 Å². The zero-order valence-corrected chi connectivity index (χ0v) is 25.9. The van der Waals surface area contributed by atoms with E-state index in [0.717, 1.165) is 72.9 Å². The fourth-order valence-electron chi connectivity index (χ4n) is 6.45. The lowest BCUT2D eigenvalue weighted by Gasteiger charge is -2.41. The molecule has 0 saturated heterocycles. The summed E-state index contributed by atoms with van der Waals surface area (Å²) in [5, 5.41) is 3.47. The minimum Gasteiger partial charge on any atom is -0.454 e. The van der Waals surface area contributed by atoms with Crippen molar-refractivity contribution < 1.29 is 14.3 Å². The Kier molecular flexibility index (Phi) is 9.13. The predicted octanol–water partition coefficient (Wildman–Crippen LogP) is 5.88. The van der Waals surface area contributed by atoms with Crippen molar-refractivity contribution in [1.82, 2.24) is 15.2 Å². The molecule has 1 aliphatic heterocycles. The van der Waals surface area contributed by atoms with Crippen LogP contribution in [-0.2, 0) is 13.1 Å². The highest BCUT2D eigenvalue weighted by molar-refractivity contribution is 6.31. The molecule has 8 nitrogen and oxygen atoms in total. The van der Waals surface area contributed by atoms with Crippen molar-refractivity contribution in [3.63, 3.8) is 0 Å². The molecule has 1 saturated carbocycles. The summed E-state index contributed by atoms with van der Waals surface area (Å²) in [5.41, 5.74) is 5.69. The zero-order valence-electron chi connectivity index (χ0n) is 25.2. The quantitative estimate of drug-likeness (QED) is 0.323. The molecule has 224 valence electrons. The number of aromatic nitrogens is 1. The van der Waals surface area contributed by atoms with Crippen LogP contribution in [0.5, 0.6) is 11.5 Å². The van der Waals surface area contributed by atoms with E-state index >= 15 is 0 Å². The first-order chi connectivity index (χ1) is 20.1. The number of halogens is 1. The second-order valence-electron chi connectivity index (χ2n) is 11.6. The molecule has 1 aliphatic carbocycles. The van der Waals surface area contributed by atoms with Crippen LogP contribution in [0.1, 0.15) is 71.0 Å². The molecule has 2 heterocycles. The average Bonchev–Trinajstić information content (AvgIpc) is 3.42. The molecule has 3 aromatic rings. The van der Waals surface area contributed by atoms with Gasteiger partial charge in [-0.2, -0.15) is 0 Å². The van der Waals surface area contributed by atoms with Gasteiger partial charge in [-0.3, -0.25) is 14.5 Å². The molecule has 5 rings (SSSR count). The maximum Gasteiger partial charge on any atom is 0.251 e. The highest BCUT2D eigenvalue weighted by atomic mass is 35.5. The molecule has 1 aromatic heterocycles. The van der Waals surface area contributed by atoms with E-state index in [1.54, 1.807) is 12.1 Å². The Morgan fingerprint density at radius 2 is 1.74 bits per heavy atom. The van der Waals surface area contributed by atoms with Crippen LogP contribution in [0.2, 0.25) is 5.02 Å². The summed E-state index contributed by atoms with van der Waals surface area (Å²) in [6.45, 7) is 9.97. The Bertz CT molecular complexity index is 1510. The summed E-state index contributed by atoms with van der Waals surface area (Å²) in [6, 6.07) is 12.3. The van der Waals surface area contributed by atoms with Gasteiger partial charge in [0.05, 0.1) is 0 Å². The highest BCUT2D eigenvalue weighted by Crippen LogP contribution is 2.36.